The Morgan fingerprint density at radius 3 is 2.38 bits per heavy atom. The first-order valence-corrected chi connectivity index (χ1v) is 7.96. The molecule has 0 unspecified atom stereocenters. The third-order valence-corrected chi connectivity index (χ3v) is 4.06. The fourth-order valence-corrected chi connectivity index (χ4v) is 2.86. The van der Waals surface area contributed by atoms with Crippen LogP contribution in [-0.4, -0.2) is 20.3 Å². The molecule has 3 aromatic carbocycles. The molecule has 5 heteroatoms. The topological polar surface area (TPSA) is 86.7 Å². The first kappa shape index (κ1) is 15.8. The Morgan fingerprint density at radius 2 is 1.58 bits per heavy atom. The van der Waals surface area contributed by atoms with Gasteiger partial charge < -0.3 is 19.7 Å². The summed E-state index contributed by atoms with van der Waals surface area (Å²) in [6.07, 6.45) is 5.03. The molecular formula is C21H15NO4. The van der Waals surface area contributed by atoms with Gasteiger partial charge in [-0.25, -0.2) is 4.98 Å². The summed E-state index contributed by atoms with van der Waals surface area (Å²) in [6.45, 7) is 0. The van der Waals surface area contributed by atoms with Gasteiger partial charge in [-0.1, -0.05) is 24.3 Å². The highest BCUT2D eigenvalue weighted by molar-refractivity contribution is 5.86. The van der Waals surface area contributed by atoms with Crippen molar-refractivity contribution in [3.8, 4) is 28.4 Å². The fraction of sp³-hybridized carbons (Fsp3) is 0. The Bertz CT molecular complexity index is 1110. The average molecular weight is 345 g/mol. The molecule has 0 aliphatic heterocycles. The quantitative estimate of drug-likeness (QED) is 0.465. The summed E-state index contributed by atoms with van der Waals surface area (Å²) in [5.74, 6) is 0.141. The maximum absolute atomic E-state index is 9.90. The van der Waals surface area contributed by atoms with Gasteiger partial charge in [-0.15, -0.1) is 0 Å². The van der Waals surface area contributed by atoms with E-state index in [9.17, 15) is 15.3 Å². The lowest BCUT2D eigenvalue weighted by molar-refractivity contribution is 0.450. The van der Waals surface area contributed by atoms with Crippen molar-refractivity contribution in [1.82, 2.24) is 4.98 Å². The molecule has 0 radical (unpaired) electrons. The van der Waals surface area contributed by atoms with Gasteiger partial charge in [-0.2, -0.15) is 0 Å². The van der Waals surface area contributed by atoms with Crippen molar-refractivity contribution in [2.45, 2.75) is 0 Å². The molecule has 0 saturated heterocycles. The van der Waals surface area contributed by atoms with Gasteiger partial charge in [0.1, 0.15) is 22.8 Å². The Kier molecular flexibility index (Phi) is 3.82. The van der Waals surface area contributed by atoms with Crippen molar-refractivity contribution in [2.24, 2.45) is 0 Å². The molecule has 0 bridgehead atoms. The van der Waals surface area contributed by atoms with Gasteiger partial charge in [-0.3, -0.25) is 0 Å². The van der Waals surface area contributed by atoms with Crippen LogP contribution in [0, 0.1) is 0 Å². The number of phenolic OH excluding ortho intramolecular Hbond substituents is 3. The summed E-state index contributed by atoms with van der Waals surface area (Å²) in [4.78, 5) is 4.11. The second kappa shape index (κ2) is 6.29. The van der Waals surface area contributed by atoms with Crippen LogP contribution >= 0.6 is 0 Å². The number of hydrogen-bond donors (Lipinski definition) is 3. The van der Waals surface area contributed by atoms with Crippen molar-refractivity contribution in [3.05, 3.63) is 72.1 Å². The van der Waals surface area contributed by atoms with E-state index >= 15 is 0 Å². The van der Waals surface area contributed by atoms with Gasteiger partial charge >= 0.3 is 0 Å². The third kappa shape index (κ3) is 3.10. The van der Waals surface area contributed by atoms with Crippen LogP contribution < -0.4 is 0 Å². The summed E-state index contributed by atoms with van der Waals surface area (Å²) in [6, 6.07) is 15.1. The van der Waals surface area contributed by atoms with Crippen LogP contribution in [0.25, 0.3) is 34.4 Å². The molecule has 0 aliphatic rings. The summed E-state index contributed by atoms with van der Waals surface area (Å²) in [7, 11) is 0. The molecule has 1 aromatic heterocycles. The van der Waals surface area contributed by atoms with Crippen LogP contribution in [-0.2, 0) is 0 Å². The van der Waals surface area contributed by atoms with Crippen molar-refractivity contribution >= 4 is 23.3 Å². The maximum Gasteiger partial charge on any atom is 0.181 e. The Hall–Kier alpha value is -3.73. The van der Waals surface area contributed by atoms with Crippen molar-refractivity contribution in [2.75, 3.05) is 0 Å². The molecule has 0 spiro atoms. The van der Waals surface area contributed by atoms with E-state index in [1.54, 1.807) is 36.4 Å². The minimum absolute atomic E-state index is 0.00801. The third-order valence-electron chi connectivity index (χ3n) is 4.06. The standard InChI is InChI=1S/C21H15NO4/c23-16-5-3-14(2-1-13-7-17(24)10-18(25)8-13)19(11-16)15-4-6-20-21(9-15)26-12-22-20/h1-12,23-25H. The molecule has 5 nitrogen and oxygen atoms in total. The lowest BCUT2D eigenvalue weighted by Crippen LogP contribution is -1.84. The highest BCUT2D eigenvalue weighted by atomic mass is 16.3. The molecule has 4 aromatic rings. The van der Waals surface area contributed by atoms with Crippen LogP contribution in [0.5, 0.6) is 17.2 Å². The number of hydrogen-bond acceptors (Lipinski definition) is 5. The van der Waals surface area contributed by atoms with Crippen LogP contribution in [0.15, 0.2) is 65.4 Å². The van der Waals surface area contributed by atoms with Gasteiger partial charge in [-0.05, 0) is 58.7 Å². The number of nitrogens with zero attached hydrogens (tertiary/aromatic N) is 1. The fourth-order valence-electron chi connectivity index (χ4n) is 2.86. The number of aromatic hydroxyl groups is 3. The predicted molar refractivity (Wildman–Crippen MR) is 99.8 cm³/mol. The summed E-state index contributed by atoms with van der Waals surface area (Å²) < 4.78 is 5.36. The van der Waals surface area contributed by atoms with E-state index < -0.39 is 0 Å². The summed E-state index contributed by atoms with van der Waals surface area (Å²) >= 11 is 0. The smallest absolute Gasteiger partial charge is 0.181 e. The van der Waals surface area contributed by atoms with E-state index in [0.29, 0.717) is 11.1 Å². The normalized spacial score (nSPS) is 11.4. The molecule has 26 heavy (non-hydrogen) atoms. The van der Waals surface area contributed by atoms with Gasteiger partial charge in [0.05, 0.1) is 0 Å². The molecular weight excluding hydrogens is 330 g/mol. The van der Waals surface area contributed by atoms with Gasteiger partial charge in [0.2, 0.25) is 0 Å². The molecule has 128 valence electrons. The lowest BCUT2D eigenvalue weighted by Gasteiger charge is -2.08. The first-order chi connectivity index (χ1) is 12.6. The highest BCUT2D eigenvalue weighted by Crippen LogP contribution is 2.31. The number of fused-ring (bicyclic) bond motifs is 1. The molecule has 0 amide bonds. The number of phenols is 3. The van der Waals surface area contributed by atoms with E-state index in [0.717, 1.165) is 22.2 Å². The first-order valence-electron chi connectivity index (χ1n) is 7.96. The van der Waals surface area contributed by atoms with Crippen LogP contribution in [0.1, 0.15) is 11.1 Å². The molecule has 4 rings (SSSR count). The SMILES string of the molecule is Oc1cc(O)cc(C=Cc2ccc(O)cc2-c2ccc3ncoc3c2)c1. The summed E-state index contributed by atoms with van der Waals surface area (Å²) in [5, 5.41) is 29.1. The zero-order chi connectivity index (χ0) is 18.1. The van der Waals surface area contributed by atoms with E-state index in [2.05, 4.69) is 4.98 Å². The van der Waals surface area contributed by atoms with Crippen molar-refractivity contribution in [3.63, 3.8) is 0 Å². The highest BCUT2D eigenvalue weighted by Gasteiger charge is 2.08. The molecule has 0 fully saturated rings. The largest absolute Gasteiger partial charge is 0.508 e. The molecule has 3 N–H and O–H groups in total. The monoisotopic (exact) mass is 345 g/mol. The Morgan fingerprint density at radius 1 is 0.769 bits per heavy atom. The van der Waals surface area contributed by atoms with Gasteiger partial charge in [0.25, 0.3) is 0 Å². The molecule has 0 saturated carbocycles. The molecule has 0 atom stereocenters. The van der Waals surface area contributed by atoms with E-state index in [-0.39, 0.29) is 17.2 Å². The average Bonchev–Trinajstić information content (AvgIpc) is 3.07. The zero-order valence-electron chi connectivity index (χ0n) is 13.6. The number of aromatic nitrogens is 1. The molecule has 0 aliphatic carbocycles. The van der Waals surface area contributed by atoms with E-state index in [4.69, 9.17) is 4.42 Å². The van der Waals surface area contributed by atoms with Crippen molar-refractivity contribution in [1.29, 1.82) is 0 Å². The predicted octanol–water partition coefficient (Wildman–Crippen LogP) is 4.78. The second-order valence-electron chi connectivity index (χ2n) is 5.92. The van der Waals surface area contributed by atoms with E-state index in [1.165, 1.54) is 12.5 Å². The summed E-state index contributed by atoms with van der Waals surface area (Å²) in [5.41, 5.74) is 4.66. The second-order valence-corrected chi connectivity index (χ2v) is 5.92. The number of benzene rings is 3. The van der Waals surface area contributed by atoms with Gasteiger partial charge in [0.15, 0.2) is 12.0 Å². The van der Waals surface area contributed by atoms with Crippen LogP contribution in [0.2, 0.25) is 0 Å². The Labute approximate surface area is 149 Å². The van der Waals surface area contributed by atoms with Gasteiger partial charge in [0, 0.05) is 6.07 Å². The lowest BCUT2D eigenvalue weighted by atomic mass is 9.98. The Balaban J connectivity index is 1.78. The van der Waals surface area contributed by atoms with E-state index in [1.807, 2.05) is 24.3 Å². The number of rotatable bonds is 3. The van der Waals surface area contributed by atoms with Crippen molar-refractivity contribution < 1.29 is 19.7 Å². The maximum atomic E-state index is 9.90. The zero-order valence-corrected chi connectivity index (χ0v) is 13.6. The number of oxazole rings is 1. The molecule has 1 heterocycles. The minimum atomic E-state index is -0.00801. The van der Waals surface area contributed by atoms with Crippen LogP contribution in [0.3, 0.4) is 0 Å². The minimum Gasteiger partial charge on any atom is -0.508 e. The van der Waals surface area contributed by atoms with Crippen LogP contribution in [0.4, 0.5) is 0 Å².